The summed E-state index contributed by atoms with van der Waals surface area (Å²) in [7, 11) is 1.43. The maximum absolute atomic E-state index is 13.5. The first-order chi connectivity index (χ1) is 8.08. The van der Waals surface area contributed by atoms with E-state index >= 15 is 0 Å². The van der Waals surface area contributed by atoms with Crippen molar-refractivity contribution in [3.05, 3.63) is 29.6 Å². The van der Waals surface area contributed by atoms with Crippen molar-refractivity contribution < 1.29 is 13.9 Å². The highest BCUT2D eigenvalue weighted by atomic mass is 19.1. The molecule has 0 aliphatic heterocycles. The summed E-state index contributed by atoms with van der Waals surface area (Å²) in [5.41, 5.74) is 0.844. The van der Waals surface area contributed by atoms with Gasteiger partial charge in [-0.2, -0.15) is 0 Å². The molecule has 0 bridgehead atoms. The van der Waals surface area contributed by atoms with Gasteiger partial charge in [0.1, 0.15) is 0 Å². The predicted molar refractivity (Wildman–Crippen MR) is 64.5 cm³/mol. The number of halogens is 1. The van der Waals surface area contributed by atoms with Gasteiger partial charge in [-0.1, -0.05) is 19.9 Å². The Balaban J connectivity index is 2.79. The summed E-state index contributed by atoms with van der Waals surface area (Å²) in [4.78, 5) is 10.5. The average Bonchev–Trinajstić information content (AvgIpc) is 2.28. The van der Waals surface area contributed by atoms with E-state index in [0.717, 1.165) is 5.56 Å². The number of ether oxygens (including phenoxy) is 1. The van der Waals surface area contributed by atoms with Gasteiger partial charge in [0.05, 0.1) is 7.11 Å². The van der Waals surface area contributed by atoms with E-state index in [9.17, 15) is 9.18 Å². The van der Waals surface area contributed by atoms with Crippen LogP contribution in [0.1, 0.15) is 19.4 Å². The number of methoxy groups -OCH3 is 1. The highest BCUT2D eigenvalue weighted by Crippen LogP contribution is 2.19. The van der Waals surface area contributed by atoms with E-state index in [2.05, 4.69) is 5.32 Å². The van der Waals surface area contributed by atoms with Crippen LogP contribution < -0.4 is 10.1 Å². The molecule has 17 heavy (non-hydrogen) atoms. The Morgan fingerprint density at radius 2 is 2.18 bits per heavy atom. The maximum Gasteiger partial charge on any atom is 0.207 e. The van der Waals surface area contributed by atoms with Gasteiger partial charge in [-0.05, 0) is 30.0 Å². The SMILES string of the molecule is COc1ccc(CC(NC=O)C(C)C)cc1F. The lowest BCUT2D eigenvalue weighted by Crippen LogP contribution is -2.34. The standard InChI is InChI=1S/C13H18FNO2/c1-9(2)12(15-8-16)7-10-4-5-13(17-3)11(14)6-10/h4-6,8-9,12H,7H2,1-3H3,(H,15,16). The van der Waals surface area contributed by atoms with E-state index in [1.54, 1.807) is 6.07 Å². The zero-order valence-corrected chi connectivity index (χ0v) is 10.4. The van der Waals surface area contributed by atoms with Crippen LogP contribution in [-0.4, -0.2) is 19.6 Å². The van der Waals surface area contributed by atoms with Crippen molar-refractivity contribution in [1.82, 2.24) is 5.32 Å². The second-order valence-electron chi connectivity index (χ2n) is 4.31. The van der Waals surface area contributed by atoms with Gasteiger partial charge in [0, 0.05) is 6.04 Å². The summed E-state index contributed by atoms with van der Waals surface area (Å²) in [6, 6.07) is 4.87. The number of nitrogens with one attached hydrogen (secondary N) is 1. The number of amides is 1. The molecule has 0 radical (unpaired) electrons. The van der Waals surface area contributed by atoms with Crippen molar-refractivity contribution in [2.45, 2.75) is 26.3 Å². The van der Waals surface area contributed by atoms with Crippen LogP contribution in [0.3, 0.4) is 0 Å². The van der Waals surface area contributed by atoms with Crippen LogP contribution in [0.2, 0.25) is 0 Å². The zero-order chi connectivity index (χ0) is 12.8. The molecular formula is C13H18FNO2. The molecule has 1 aromatic rings. The Morgan fingerprint density at radius 1 is 1.47 bits per heavy atom. The zero-order valence-electron chi connectivity index (χ0n) is 10.4. The summed E-state index contributed by atoms with van der Waals surface area (Å²) < 4.78 is 18.3. The molecule has 0 aliphatic rings. The van der Waals surface area contributed by atoms with Gasteiger partial charge >= 0.3 is 0 Å². The molecule has 1 rings (SSSR count). The fraction of sp³-hybridized carbons (Fsp3) is 0.462. The number of rotatable bonds is 6. The van der Waals surface area contributed by atoms with Gasteiger partial charge in [-0.15, -0.1) is 0 Å². The second-order valence-corrected chi connectivity index (χ2v) is 4.31. The van der Waals surface area contributed by atoms with Crippen LogP contribution in [0.25, 0.3) is 0 Å². The molecule has 1 N–H and O–H groups in total. The topological polar surface area (TPSA) is 38.3 Å². The first-order valence-corrected chi connectivity index (χ1v) is 5.60. The summed E-state index contributed by atoms with van der Waals surface area (Å²) in [5, 5.41) is 2.74. The molecule has 0 aliphatic carbocycles. The summed E-state index contributed by atoms with van der Waals surface area (Å²) in [6.45, 7) is 4.03. The molecule has 1 amide bonds. The van der Waals surface area contributed by atoms with Gasteiger partial charge in [0.25, 0.3) is 0 Å². The Hall–Kier alpha value is -1.58. The summed E-state index contributed by atoms with van der Waals surface area (Å²) >= 11 is 0. The third kappa shape index (κ3) is 3.73. The van der Waals surface area contributed by atoms with Gasteiger partial charge in [-0.25, -0.2) is 4.39 Å². The third-order valence-electron chi connectivity index (χ3n) is 2.76. The molecule has 0 saturated heterocycles. The van der Waals surface area contributed by atoms with Gasteiger partial charge in [0.2, 0.25) is 6.41 Å². The Kier molecular flexibility index (Phi) is 4.94. The fourth-order valence-corrected chi connectivity index (χ4v) is 1.67. The van der Waals surface area contributed by atoms with Gasteiger partial charge in [-0.3, -0.25) is 4.79 Å². The summed E-state index contributed by atoms with van der Waals surface area (Å²) in [5.74, 6) is 0.155. The van der Waals surface area contributed by atoms with Crippen LogP contribution in [0, 0.1) is 11.7 Å². The molecule has 0 aromatic heterocycles. The van der Waals surface area contributed by atoms with Gasteiger partial charge in [0.15, 0.2) is 11.6 Å². The Morgan fingerprint density at radius 3 is 2.65 bits per heavy atom. The lowest BCUT2D eigenvalue weighted by molar-refractivity contribution is -0.110. The lowest BCUT2D eigenvalue weighted by Gasteiger charge is -2.20. The van der Waals surface area contributed by atoms with Crippen molar-refractivity contribution in [2.24, 2.45) is 5.92 Å². The molecule has 1 unspecified atom stereocenters. The second kappa shape index (κ2) is 6.23. The molecule has 0 spiro atoms. The van der Waals surface area contributed by atoms with E-state index < -0.39 is 0 Å². The van der Waals surface area contributed by atoms with Crippen LogP contribution in [-0.2, 0) is 11.2 Å². The minimum Gasteiger partial charge on any atom is -0.494 e. The largest absolute Gasteiger partial charge is 0.494 e. The third-order valence-corrected chi connectivity index (χ3v) is 2.76. The number of benzene rings is 1. The Bertz CT molecular complexity index is 380. The first kappa shape index (κ1) is 13.5. The molecule has 0 heterocycles. The number of carbonyl (C=O) groups excluding carboxylic acids is 1. The van der Waals surface area contributed by atoms with E-state index in [1.807, 2.05) is 19.9 Å². The molecular weight excluding hydrogens is 221 g/mol. The molecule has 1 atom stereocenters. The van der Waals surface area contributed by atoms with Gasteiger partial charge < -0.3 is 10.1 Å². The van der Waals surface area contributed by atoms with Crippen molar-refractivity contribution in [3.63, 3.8) is 0 Å². The fourth-order valence-electron chi connectivity index (χ4n) is 1.67. The van der Waals surface area contributed by atoms with E-state index in [0.29, 0.717) is 18.7 Å². The van der Waals surface area contributed by atoms with E-state index in [1.165, 1.54) is 13.2 Å². The van der Waals surface area contributed by atoms with Crippen molar-refractivity contribution >= 4 is 6.41 Å². The van der Waals surface area contributed by atoms with Crippen LogP contribution in [0.15, 0.2) is 18.2 Å². The van der Waals surface area contributed by atoms with Crippen LogP contribution in [0.5, 0.6) is 5.75 Å². The monoisotopic (exact) mass is 239 g/mol. The first-order valence-electron chi connectivity index (χ1n) is 5.60. The lowest BCUT2D eigenvalue weighted by atomic mass is 9.96. The minimum atomic E-state index is -0.376. The van der Waals surface area contributed by atoms with Crippen LogP contribution >= 0.6 is 0 Å². The number of hydrogen-bond donors (Lipinski definition) is 1. The van der Waals surface area contributed by atoms with Crippen molar-refractivity contribution in [2.75, 3.05) is 7.11 Å². The average molecular weight is 239 g/mol. The highest BCUT2D eigenvalue weighted by Gasteiger charge is 2.14. The Labute approximate surface area is 101 Å². The predicted octanol–water partition coefficient (Wildman–Crippen LogP) is 2.15. The van der Waals surface area contributed by atoms with E-state index in [-0.39, 0.29) is 17.6 Å². The molecule has 0 saturated carbocycles. The van der Waals surface area contributed by atoms with Crippen LogP contribution in [0.4, 0.5) is 4.39 Å². The maximum atomic E-state index is 13.5. The molecule has 3 nitrogen and oxygen atoms in total. The quantitative estimate of drug-likeness (QED) is 0.772. The molecule has 1 aromatic carbocycles. The molecule has 94 valence electrons. The normalized spacial score (nSPS) is 12.3. The van der Waals surface area contributed by atoms with Crippen molar-refractivity contribution in [3.8, 4) is 5.75 Å². The van der Waals surface area contributed by atoms with E-state index in [4.69, 9.17) is 4.74 Å². The number of carbonyl (C=O) groups is 1. The highest BCUT2D eigenvalue weighted by molar-refractivity contribution is 5.47. The number of hydrogen-bond acceptors (Lipinski definition) is 2. The summed E-state index contributed by atoms with van der Waals surface area (Å²) in [6.07, 6.45) is 1.29. The smallest absolute Gasteiger partial charge is 0.207 e. The molecule has 4 heteroatoms. The minimum absolute atomic E-state index is 0.0142. The molecule has 0 fully saturated rings. The van der Waals surface area contributed by atoms with Crippen molar-refractivity contribution in [1.29, 1.82) is 0 Å².